The van der Waals surface area contributed by atoms with Gasteiger partial charge in [0, 0.05) is 12.5 Å². The van der Waals surface area contributed by atoms with Crippen molar-refractivity contribution >= 4 is 5.97 Å². The van der Waals surface area contributed by atoms with Crippen LogP contribution in [-0.4, -0.2) is 25.2 Å². The highest BCUT2D eigenvalue weighted by Crippen LogP contribution is 2.26. The third-order valence-corrected chi connectivity index (χ3v) is 3.80. The summed E-state index contributed by atoms with van der Waals surface area (Å²) in [5.41, 5.74) is 0. The summed E-state index contributed by atoms with van der Waals surface area (Å²) in [6, 6.07) is 0.320. The Kier molecular flexibility index (Phi) is 8.06. The average Bonchev–Trinajstić information content (AvgIpc) is 2.40. The maximum Gasteiger partial charge on any atom is 0.306 e. The van der Waals surface area contributed by atoms with Crippen molar-refractivity contribution in [2.24, 2.45) is 5.92 Å². The second-order valence-electron chi connectivity index (χ2n) is 5.45. The smallest absolute Gasteiger partial charge is 0.306 e. The van der Waals surface area contributed by atoms with E-state index in [1.807, 2.05) is 0 Å². The van der Waals surface area contributed by atoms with E-state index in [2.05, 4.69) is 19.2 Å². The van der Waals surface area contributed by atoms with Crippen LogP contribution in [0.1, 0.15) is 65.2 Å². The lowest BCUT2D eigenvalue weighted by Crippen LogP contribution is -2.34. The van der Waals surface area contributed by atoms with E-state index < -0.39 is 0 Å². The van der Waals surface area contributed by atoms with Crippen molar-refractivity contribution in [3.05, 3.63) is 0 Å². The van der Waals surface area contributed by atoms with Crippen LogP contribution in [0.4, 0.5) is 0 Å². The second-order valence-corrected chi connectivity index (χ2v) is 5.45. The molecule has 0 aromatic carbocycles. The van der Waals surface area contributed by atoms with Crippen molar-refractivity contribution in [2.75, 3.05) is 13.2 Å². The van der Waals surface area contributed by atoms with Crippen LogP contribution < -0.4 is 5.32 Å². The van der Waals surface area contributed by atoms with Gasteiger partial charge in [-0.2, -0.15) is 0 Å². The summed E-state index contributed by atoms with van der Waals surface area (Å²) in [5.74, 6) is 0.577. The maximum atomic E-state index is 11.8. The van der Waals surface area contributed by atoms with Gasteiger partial charge in [-0.15, -0.1) is 0 Å². The first-order valence-electron chi connectivity index (χ1n) is 7.65. The molecule has 0 saturated heterocycles. The van der Waals surface area contributed by atoms with Gasteiger partial charge in [0.1, 0.15) is 6.61 Å². The molecule has 1 unspecified atom stereocenters. The largest absolute Gasteiger partial charge is 0.464 e. The highest BCUT2D eigenvalue weighted by molar-refractivity contribution is 5.69. The first-order valence-corrected chi connectivity index (χ1v) is 7.65. The number of hydrogen-bond donors (Lipinski definition) is 1. The number of hydrogen-bond acceptors (Lipinski definition) is 3. The van der Waals surface area contributed by atoms with Crippen LogP contribution in [-0.2, 0) is 9.53 Å². The molecule has 0 aromatic rings. The Bertz CT molecular complexity index is 225. The standard InChI is InChI=1S/C15H29NO2/c1-3-10-16-14(4-2)12-18-15(17)11-13-8-6-5-7-9-13/h13-14,16H,3-12H2,1-2H3. The summed E-state index contributed by atoms with van der Waals surface area (Å²) >= 11 is 0. The van der Waals surface area contributed by atoms with Gasteiger partial charge in [0.2, 0.25) is 0 Å². The molecule has 1 atom stereocenters. The molecule has 1 saturated carbocycles. The van der Waals surface area contributed by atoms with Gasteiger partial charge in [-0.25, -0.2) is 0 Å². The lowest BCUT2D eigenvalue weighted by molar-refractivity contribution is -0.145. The van der Waals surface area contributed by atoms with E-state index in [1.54, 1.807) is 0 Å². The minimum Gasteiger partial charge on any atom is -0.464 e. The molecular weight excluding hydrogens is 226 g/mol. The van der Waals surface area contributed by atoms with E-state index in [0.717, 1.165) is 19.4 Å². The lowest BCUT2D eigenvalue weighted by Gasteiger charge is -2.21. The minimum atomic E-state index is -0.00125. The van der Waals surface area contributed by atoms with Crippen molar-refractivity contribution < 1.29 is 9.53 Å². The van der Waals surface area contributed by atoms with Crippen molar-refractivity contribution in [1.82, 2.24) is 5.32 Å². The Labute approximate surface area is 112 Å². The number of rotatable bonds is 8. The zero-order valence-corrected chi connectivity index (χ0v) is 12.0. The van der Waals surface area contributed by atoms with Crippen LogP contribution in [0.15, 0.2) is 0 Å². The molecule has 106 valence electrons. The molecule has 1 fully saturated rings. The van der Waals surface area contributed by atoms with Gasteiger partial charge in [-0.1, -0.05) is 33.1 Å². The zero-order chi connectivity index (χ0) is 13.2. The normalized spacial score (nSPS) is 18.6. The fourth-order valence-electron chi connectivity index (χ4n) is 2.55. The van der Waals surface area contributed by atoms with Gasteiger partial charge in [0.05, 0.1) is 0 Å². The molecule has 1 aliphatic rings. The van der Waals surface area contributed by atoms with E-state index >= 15 is 0 Å². The molecule has 0 aromatic heterocycles. The molecule has 0 radical (unpaired) electrons. The summed E-state index contributed by atoms with van der Waals surface area (Å²) in [6.07, 6.45) is 9.08. The third-order valence-electron chi connectivity index (χ3n) is 3.80. The summed E-state index contributed by atoms with van der Waals surface area (Å²) in [6.45, 7) is 5.80. The van der Waals surface area contributed by atoms with E-state index in [1.165, 1.54) is 32.1 Å². The van der Waals surface area contributed by atoms with Gasteiger partial charge in [-0.3, -0.25) is 4.79 Å². The number of esters is 1. The Hall–Kier alpha value is -0.570. The first kappa shape index (κ1) is 15.5. The quantitative estimate of drug-likeness (QED) is 0.676. The Morgan fingerprint density at radius 3 is 2.61 bits per heavy atom. The zero-order valence-electron chi connectivity index (χ0n) is 12.0. The molecule has 0 bridgehead atoms. The predicted octanol–water partition coefficient (Wildman–Crippen LogP) is 3.28. The van der Waals surface area contributed by atoms with Crippen molar-refractivity contribution in [2.45, 2.75) is 71.3 Å². The van der Waals surface area contributed by atoms with E-state index in [-0.39, 0.29) is 5.97 Å². The van der Waals surface area contributed by atoms with Crippen LogP contribution in [0, 0.1) is 5.92 Å². The maximum absolute atomic E-state index is 11.8. The highest BCUT2D eigenvalue weighted by Gasteiger charge is 2.18. The molecular formula is C15H29NO2. The van der Waals surface area contributed by atoms with E-state index in [4.69, 9.17) is 4.74 Å². The molecule has 18 heavy (non-hydrogen) atoms. The summed E-state index contributed by atoms with van der Waals surface area (Å²) < 4.78 is 5.39. The number of carbonyl (C=O) groups is 1. The van der Waals surface area contributed by atoms with E-state index in [0.29, 0.717) is 25.0 Å². The molecule has 0 aliphatic heterocycles. The lowest BCUT2D eigenvalue weighted by atomic mass is 9.87. The fraction of sp³-hybridized carbons (Fsp3) is 0.933. The SMILES string of the molecule is CCCNC(CC)COC(=O)CC1CCCCC1. The van der Waals surface area contributed by atoms with Gasteiger partial charge < -0.3 is 10.1 Å². The average molecular weight is 255 g/mol. The Morgan fingerprint density at radius 2 is 2.00 bits per heavy atom. The molecule has 1 N–H and O–H groups in total. The van der Waals surface area contributed by atoms with Gasteiger partial charge in [-0.05, 0) is 38.1 Å². The Morgan fingerprint density at radius 1 is 1.28 bits per heavy atom. The Balaban J connectivity index is 2.14. The molecule has 1 rings (SSSR count). The summed E-state index contributed by atoms with van der Waals surface area (Å²) in [5, 5.41) is 3.40. The molecule has 1 aliphatic carbocycles. The summed E-state index contributed by atoms with van der Waals surface area (Å²) in [7, 11) is 0. The van der Waals surface area contributed by atoms with Gasteiger partial charge in [0.25, 0.3) is 0 Å². The van der Waals surface area contributed by atoms with Gasteiger partial charge in [0.15, 0.2) is 0 Å². The molecule has 0 heterocycles. The summed E-state index contributed by atoms with van der Waals surface area (Å²) in [4.78, 5) is 11.8. The van der Waals surface area contributed by atoms with Crippen LogP contribution in [0.3, 0.4) is 0 Å². The van der Waals surface area contributed by atoms with Crippen molar-refractivity contribution in [1.29, 1.82) is 0 Å². The topological polar surface area (TPSA) is 38.3 Å². The monoisotopic (exact) mass is 255 g/mol. The molecule has 0 spiro atoms. The second kappa shape index (κ2) is 9.37. The highest BCUT2D eigenvalue weighted by atomic mass is 16.5. The third kappa shape index (κ3) is 6.39. The predicted molar refractivity (Wildman–Crippen MR) is 74.5 cm³/mol. The molecule has 3 nitrogen and oxygen atoms in total. The number of carbonyl (C=O) groups excluding carboxylic acids is 1. The van der Waals surface area contributed by atoms with E-state index in [9.17, 15) is 4.79 Å². The minimum absolute atomic E-state index is 0.00125. The first-order chi connectivity index (χ1) is 8.76. The van der Waals surface area contributed by atoms with Crippen molar-refractivity contribution in [3.63, 3.8) is 0 Å². The van der Waals surface area contributed by atoms with Crippen LogP contribution >= 0.6 is 0 Å². The number of ether oxygens (including phenoxy) is 1. The van der Waals surface area contributed by atoms with Crippen LogP contribution in [0.25, 0.3) is 0 Å². The van der Waals surface area contributed by atoms with Crippen LogP contribution in [0.5, 0.6) is 0 Å². The fourth-order valence-corrected chi connectivity index (χ4v) is 2.55. The number of nitrogens with one attached hydrogen (secondary N) is 1. The van der Waals surface area contributed by atoms with Gasteiger partial charge >= 0.3 is 5.97 Å². The van der Waals surface area contributed by atoms with Crippen LogP contribution in [0.2, 0.25) is 0 Å². The molecule has 3 heteroatoms. The van der Waals surface area contributed by atoms with Crippen molar-refractivity contribution in [3.8, 4) is 0 Å². The molecule has 0 amide bonds.